The molecule has 0 aliphatic heterocycles. The highest BCUT2D eigenvalue weighted by Crippen LogP contribution is 2.76. The van der Waals surface area contributed by atoms with Crippen molar-refractivity contribution in [1.82, 2.24) is 0 Å². The molecule has 8 bridgehead atoms. The van der Waals surface area contributed by atoms with Crippen molar-refractivity contribution < 1.29 is 51.1 Å². The molecule has 0 saturated heterocycles. The Morgan fingerprint density at radius 1 is 0.168 bits per heavy atom. The number of hydrogen-bond donors (Lipinski definition) is 10. The standard InChI is InChI=1S/C44H78O4.C31H52O2.C30H48O2.C22H36O2/c1-23-17-39(45)27(5)13-35(23)43(36-14-28(6)40(46)18-24(36)2)32-11-9-31-10-12-33(22-34(31)21-32)44(37-15-29(7)41(47)19-25(37)3)38-16-30(8)42(48)20-26(38)4;32-29-18-16-27(22-11-3-5-13-24(22)29)31(26-15-7-9-20-8-1-2-10-21(20)26)28-17-19-30(33)25-14-6-4-12-23(25)28;31-28-11-9-26(22-5-1-3-7-24(22)28)30(20-14-18-13-19(16-20)17-21(30)15-18)27-10-12-29(32)25-8-4-2-6-23(25)27;23-20-5-1-16(2-6-20)22(17-3-7-21(24)8-4-17)18-10-14-9-15(12-18)13-19(22)11-14/h23-48H,9-22H2,1-8H3;20-33H,1-19H2;18-29,31-32H,1-17H2;14-21,23-24H,1-13H2. The van der Waals surface area contributed by atoms with E-state index in [0.717, 1.165) is 243 Å². The van der Waals surface area contributed by atoms with E-state index in [9.17, 15) is 51.1 Å². The highest BCUT2D eigenvalue weighted by atomic mass is 16.3. The van der Waals surface area contributed by atoms with Gasteiger partial charge in [0.2, 0.25) is 0 Å². The van der Waals surface area contributed by atoms with Crippen LogP contribution in [0.4, 0.5) is 0 Å². The Morgan fingerprint density at radius 2 is 0.460 bits per heavy atom. The lowest BCUT2D eigenvalue weighted by molar-refractivity contribution is -0.232. The van der Waals surface area contributed by atoms with E-state index in [1.807, 2.05) is 0 Å². The fourth-order valence-electron chi connectivity index (χ4n) is 47.1. The molecule has 26 aliphatic carbocycles. The second kappa shape index (κ2) is 43.9. The van der Waals surface area contributed by atoms with Gasteiger partial charge >= 0.3 is 0 Å². The lowest BCUT2D eigenvalue weighted by Gasteiger charge is -2.71. The van der Waals surface area contributed by atoms with Crippen LogP contribution in [0.15, 0.2) is 0 Å². The predicted octanol–water partition coefficient (Wildman–Crippen LogP) is 27.7. The van der Waals surface area contributed by atoms with Crippen LogP contribution < -0.4 is 0 Å². The van der Waals surface area contributed by atoms with Crippen LogP contribution >= 0.6 is 0 Å². The van der Waals surface area contributed by atoms with E-state index in [1.54, 1.807) is 32.1 Å². The van der Waals surface area contributed by atoms with Gasteiger partial charge in [-0.3, -0.25) is 0 Å². The zero-order valence-electron chi connectivity index (χ0n) is 89.2. The first-order chi connectivity index (χ1) is 66.3. The van der Waals surface area contributed by atoms with Crippen LogP contribution in [-0.4, -0.2) is 112 Å². The molecule has 0 amide bonds. The molecule has 10 heteroatoms. The minimum absolute atomic E-state index is 0.0129. The molecule has 0 aromatic rings. The van der Waals surface area contributed by atoms with E-state index in [2.05, 4.69) is 55.4 Å². The molecule has 10 N–H and O–H groups in total. The third-order valence-corrected chi connectivity index (χ3v) is 52.4. The summed E-state index contributed by atoms with van der Waals surface area (Å²) in [5.41, 5.74) is 1.15. The second-order valence-electron chi connectivity index (χ2n) is 58.5. The predicted molar refractivity (Wildman–Crippen MR) is 555 cm³/mol. The fraction of sp³-hybridized carbons (Fsp3) is 1.00. The van der Waals surface area contributed by atoms with Crippen LogP contribution in [0.5, 0.6) is 0 Å². The van der Waals surface area contributed by atoms with Crippen molar-refractivity contribution >= 4 is 0 Å². The maximum Gasteiger partial charge on any atom is 0.0571 e. The summed E-state index contributed by atoms with van der Waals surface area (Å²) >= 11 is 0. The molecular formula is C127H214O10. The van der Waals surface area contributed by atoms with E-state index in [0.29, 0.717) is 106 Å². The van der Waals surface area contributed by atoms with Gasteiger partial charge in [-0.15, -0.1) is 0 Å². The zero-order valence-corrected chi connectivity index (χ0v) is 89.2. The van der Waals surface area contributed by atoms with Gasteiger partial charge in [0.1, 0.15) is 0 Å². The quantitative estimate of drug-likeness (QED) is 0.0846. The molecule has 37 atom stereocenters. The van der Waals surface area contributed by atoms with Crippen LogP contribution in [0, 0.1) is 271 Å². The first kappa shape index (κ1) is 102. The molecule has 10 nitrogen and oxygen atoms in total. The van der Waals surface area contributed by atoms with Crippen LogP contribution in [0.25, 0.3) is 0 Å². The Hall–Kier alpha value is -0.400. The van der Waals surface area contributed by atoms with Crippen molar-refractivity contribution in [3.8, 4) is 0 Å². The van der Waals surface area contributed by atoms with Gasteiger partial charge in [-0.25, -0.2) is 0 Å². The number of aliphatic hydroxyl groups excluding tert-OH is 10. The van der Waals surface area contributed by atoms with E-state index >= 15 is 0 Å². The van der Waals surface area contributed by atoms with Crippen LogP contribution in [0.1, 0.15) is 460 Å². The van der Waals surface area contributed by atoms with E-state index < -0.39 is 0 Å². The van der Waals surface area contributed by atoms with Crippen molar-refractivity contribution in [1.29, 1.82) is 0 Å². The van der Waals surface area contributed by atoms with E-state index in [-0.39, 0.29) is 61.0 Å². The first-order valence-electron chi connectivity index (χ1n) is 63.1. The molecule has 137 heavy (non-hydrogen) atoms. The smallest absolute Gasteiger partial charge is 0.0571 e. The number of rotatable bonds is 13. The molecule has 26 fully saturated rings. The normalized spacial score (nSPS) is 55.6. The summed E-state index contributed by atoms with van der Waals surface area (Å²) in [5, 5.41) is 108. The van der Waals surface area contributed by atoms with Gasteiger partial charge in [0, 0.05) is 0 Å². The number of fused-ring (bicyclic) bond motifs is 6. The molecule has 0 aromatic heterocycles. The van der Waals surface area contributed by atoms with Crippen molar-refractivity contribution in [3.63, 3.8) is 0 Å². The molecule has 0 spiro atoms. The summed E-state index contributed by atoms with van der Waals surface area (Å²) in [6, 6.07) is 0. The lowest BCUT2D eigenvalue weighted by Crippen LogP contribution is -2.65. The van der Waals surface area contributed by atoms with E-state index in [1.165, 1.54) is 295 Å². The lowest BCUT2D eigenvalue weighted by atomic mass is 9.34. The molecule has 782 valence electrons. The number of aliphatic hydroxyl groups is 10. The van der Waals surface area contributed by atoms with Gasteiger partial charge in [0.15, 0.2) is 0 Å². The summed E-state index contributed by atoms with van der Waals surface area (Å²) in [4.78, 5) is 0. The van der Waals surface area contributed by atoms with Gasteiger partial charge in [-0.1, -0.05) is 139 Å². The summed E-state index contributed by atoms with van der Waals surface area (Å²) in [6.45, 7) is 19.0. The van der Waals surface area contributed by atoms with Gasteiger partial charge in [0.05, 0.1) is 61.0 Å². The molecule has 26 rings (SSSR count). The van der Waals surface area contributed by atoms with Crippen molar-refractivity contribution in [3.05, 3.63) is 0 Å². The van der Waals surface area contributed by atoms with Crippen LogP contribution in [0.3, 0.4) is 0 Å². The third-order valence-electron chi connectivity index (χ3n) is 52.4. The third kappa shape index (κ3) is 20.1. The van der Waals surface area contributed by atoms with Crippen LogP contribution in [0.2, 0.25) is 0 Å². The summed E-state index contributed by atoms with van der Waals surface area (Å²) in [5.74, 6) is 34.2. The first-order valence-corrected chi connectivity index (χ1v) is 63.1. The molecular weight excluding hydrogens is 1690 g/mol. The monoisotopic (exact) mass is 1900 g/mol. The van der Waals surface area contributed by atoms with E-state index in [4.69, 9.17) is 0 Å². The summed E-state index contributed by atoms with van der Waals surface area (Å²) in [7, 11) is 0. The highest BCUT2D eigenvalue weighted by molar-refractivity contribution is 5.18. The zero-order chi connectivity index (χ0) is 94.7. The Balaban J connectivity index is 0.000000112. The molecule has 0 radical (unpaired) electrons. The topological polar surface area (TPSA) is 202 Å². The Labute approximate surface area is 838 Å². The molecule has 26 saturated carbocycles. The minimum atomic E-state index is -0.148. The minimum Gasteiger partial charge on any atom is -0.393 e. The molecule has 37 unspecified atom stereocenters. The molecule has 26 aliphatic rings. The van der Waals surface area contributed by atoms with Crippen molar-refractivity contribution in [2.24, 2.45) is 271 Å². The maximum atomic E-state index is 11.1. The largest absolute Gasteiger partial charge is 0.393 e. The Kier molecular flexibility index (Phi) is 32.8. The maximum absolute atomic E-state index is 11.1. The molecule has 0 heterocycles. The molecule has 0 aromatic carbocycles. The van der Waals surface area contributed by atoms with Crippen molar-refractivity contribution in [2.45, 2.75) is 521 Å². The SMILES string of the molecule is CC1CC(C(C2CCC3CCC(C(C4CC(C)C(O)CC4C)C4CC(C)C(O)CC4C)CC3C2)C2CC(C)C(O)CC2C)C(C)CC1O.OC1CCC(C(C2CCCC3CCCCC32)C2CCC(O)C3CCCCC32)C2CCCCC12.OC1CCC(C2(C3CCC(O)C4CCCCC43)C3CC4CC(C3)CC2C4)C2CCCCC12.OC1CCC(C2(C3CCC(O)CC3)C3CC4CC(C3)CC2C4)CC1. The summed E-state index contributed by atoms with van der Waals surface area (Å²) < 4.78 is 0. The van der Waals surface area contributed by atoms with Gasteiger partial charge in [0.25, 0.3) is 0 Å². The van der Waals surface area contributed by atoms with Gasteiger partial charge < -0.3 is 51.1 Å². The van der Waals surface area contributed by atoms with Gasteiger partial charge in [-0.05, 0) is 592 Å². The second-order valence-corrected chi connectivity index (χ2v) is 58.5. The Morgan fingerprint density at radius 3 is 0.818 bits per heavy atom. The fourth-order valence-corrected chi connectivity index (χ4v) is 47.1. The summed E-state index contributed by atoms with van der Waals surface area (Å²) in [6.07, 6.45) is 82.8. The highest BCUT2D eigenvalue weighted by Gasteiger charge is 2.69. The average Bonchev–Trinajstić information content (AvgIpc) is 0.672. The van der Waals surface area contributed by atoms with Crippen LogP contribution in [-0.2, 0) is 0 Å². The Bertz CT molecular complexity index is 3470. The van der Waals surface area contributed by atoms with Crippen molar-refractivity contribution in [2.75, 3.05) is 0 Å². The average molecular weight is 1900 g/mol. The van der Waals surface area contributed by atoms with Gasteiger partial charge in [-0.2, -0.15) is 0 Å². The number of hydrogen-bond acceptors (Lipinski definition) is 10.